The summed E-state index contributed by atoms with van der Waals surface area (Å²) in [4.78, 5) is 5.45. The average Bonchev–Trinajstić information content (AvgIpc) is 2.55. The second-order valence-electron chi connectivity index (χ2n) is 5.91. The molecule has 2 unspecified atom stereocenters. The molecule has 2 bridgehead atoms. The second-order valence-corrected chi connectivity index (χ2v) is 5.91. The SMILES string of the molecule is CC1CN(C2CN3CCC2CC3)CCCN1. The van der Waals surface area contributed by atoms with E-state index >= 15 is 0 Å². The van der Waals surface area contributed by atoms with Gasteiger partial charge in [-0.2, -0.15) is 0 Å². The summed E-state index contributed by atoms with van der Waals surface area (Å²) in [5.41, 5.74) is 0. The summed E-state index contributed by atoms with van der Waals surface area (Å²) in [6.45, 7) is 10.2. The third-order valence-electron chi connectivity index (χ3n) is 4.71. The molecule has 0 radical (unpaired) electrons. The van der Waals surface area contributed by atoms with Crippen LogP contribution in [0.3, 0.4) is 0 Å². The van der Waals surface area contributed by atoms with Gasteiger partial charge < -0.3 is 10.2 Å². The van der Waals surface area contributed by atoms with Gasteiger partial charge in [0.15, 0.2) is 0 Å². The zero-order chi connectivity index (χ0) is 11.0. The first-order valence-electron chi connectivity index (χ1n) is 7.03. The van der Waals surface area contributed by atoms with Gasteiger partial charge >= 0.3 is 0 Å². The third kappa shape index (κ3) is 2.13. The molecule has 4 aliphatic heterocycles. The van der Waals surface area contributed by atoms with Gasteiger partial charge in [-0.15, -0.1) is 0 Å². The topological polar surface area (TPSA) is 18.5 Å². The maximum atomic E-state index is 3.60. The molecule has 0 aromatic heterocycles. The molecule has 0 spiro atoms. The highest BCUT2D eigenvalue weighted by atomic mass is 15.3. The summed E-state index contributed by atoms with van der Waals surface area (Å²) in [6, 6.07) is 1.54. The van der Waals surface area contributed by atoms with Crippen molar-refractivity contribution in [3.63, 3.8) is 0 Å². The average molecular weight is 223 g/mol. The van der Waals surface area contributed by atoms with E-state index in [4.69, 9.17) is 0 Å². The normalized spacial score (nSPS) is 45.6. The van der Waals surface area contributed by atoms with E-state index in [1.54, 1.807) is 0 Å². The fourth-order valence-corrected chi connectivity index (χ4v) is 3.79. The molecule has 3 heteroatoms. The first-order chi connectivity index (χ1) is 7.83. The van der Waals surface area contributed by atoms with E-state index in [-0.39, 0.29) is 0 Å². The van der Waals surface area contributed by atoms with Gasteiger partial charge in [0.2, 0.25) is 0 Å². The van der Waals surface area contributed by atoms with Gasteiger partial charge in [-0.05, 0) is 58.3 Å². The molecule has 4 saturated heterocycles. The molecule has 4 aliphatic rings. The largest absolute Gasteiger partial charge is 0.313 e. The van der Waals surface area contributed by atoms with Crippen LogP contribution in [0.15, 0.2) is 0 Å². The van der Waals surface area contributed by atoms with Crippen LogP contribution in [0.1, 0.15) is 26.2 Å². The second kappa shape index (κ2) is 4.63. The molecule has 0 aromatic carbocycles. The highest BCUT2D eigenvalue weighted by molar-refractivity contribution is 4.93. The fraction of sp³-hybridized carbons (Fsp3) is 1.00. The lowest BCUT2D eigenvalue weighted by Gasteiger charge is -2.49. The predicted octanol–water partition coefficient (Wildman–Crippen LogP) is 0.764. The number of rotatable bonds is 1. The molecule has 3 nitrogen and oxygen atoms in total. The van der Waals surface area contributed by atoms with Crippen LogP contribution in [0.5, 0.6) is 0 Å². The Balaban J connectivity index is 1.67. The molecule has 92 valence electrons. The number of piperidine rings is 3. The number of nitrogens with zero attached hydrogens (tertiary/aromatic N) is 2. The maximum absolute atomic E-state index is 3.60. The van der Waals surface area contributed by atoms with Crippen molar-refractivity contribution in [1.29, 1.82) is 0 Å². The van der Waals surface area contributed by atoms with Gasteiger partial charge in [-0.1, -0.05) is 0 Å². The molecule has 0 aromatic rings. The summed E-state index contributed by atoms with van der Waals surface area (Å²) in [6.07, 6.45) is 4.22. The third-order valence-corrected chi connectivity index (χ3v) is 4.71. The van der Waals surface area contributed by atoms with E-state index in [0.29, 0.717) is 6.04 Å². The summed E-state index contributed by atoms with van der Waals surface area (Å²) in [5.74, 6) is 0.996. The minimum Gasteiger partial charge on any atom is -0.313 e. The first kappa shape index (κ1) is 11.0. The minimum atomic E-state index is 0.679. The van der Waals surface area contributed by atoms with Crippen LogP contribution in [0, 0.1) is 5.92 Å². The Morgan fingerprint density at radius 3 is 2.56 bits per heavy atom. The van der Waals surface area contributed by atoms with Gasteiger partial charge in [0.1, 0.15) is 0 Å². The smallest absolute Gasteiger partial charge is 0.0253 e. The van der Waals surface area contributed by atoms with Crippen molar-refractivity contribution >= 4 is 0 Å². The van der Waals surface area contributed by atoms with E-state index < -0.39 is 0 Å². The lowest BCUT2D eigenvalue weighted by atomic mass is 9.83. The molecular formula is C13H25N3. The maximum Gasteiger partial charge on any atom is 0.0253 e. The molecule has 0 saturated carbocycles. The van der Waals surface area contributed by atoms with Crippen LogP contribution in [0.2, 0.25) is 0 Å². The van der Waals surface area contributed by atoms with Crippen LogP contribution in [0.4, 0.5) is 0 Å². The van der Waals surface area contributed by atoms with Gasteiger partial charge in [0.05, 0.1) is 0 Å². The number of hydrogen-bond acceptors (Lipinski definition) is 3. The van der Waals surface area contributed by atoms with Gasteiger partial charge in [0.25, 0.3) is 0 Å². The molecule has 2 atom stereocenters. The lowest BCUT2D eigenvalue weighted by molar-refractivity contribution is 0.00530. The van der Waals surface area contributed by atoms with Crippen LogP contribution in [0.25, 0.3) is 0 Å². The zero-order valence-electron chi connectivity index (χ0n) is 10.5. The summed E-state index contributed by atoms with van der Waals surface area (Å²) in [7, 11) is 0. The highest BCUT2D eigenvalue weighted by Gasteiger charge is 2.37. The number of nitrogens with one attached hydrogen (secondary N) is 1. The van der Waals surface area contributed by atoms with E-state index in [0.717, 1.165) is 12.0 Å². The van der Waals surface area contributed by atoms with E-state index in [9.17, 15) is 0 Å². The Bertz CT molecular complexity index is 235. The monoisotopic (exact) mass is 223 g/mol. The molecule has 1 N–H and O–H groups in total. The Kier molecular flexibility index (Phi) is 3.18. The molecule has 4 rings (SSSR count). The van der Waals surface area contributed by atoms with Crippen molar-refractivity contribution in [3.05, 3.63) is 0 Å². The van der Waals surface area contributed by atoms with Gasteiger partial charge in [-0.25, -0.2) is 0 Å². The predicted molar refractivity (Wildman–Crippen MR) is 66.6 cm³/mol. The van der Waals surface area contributed by atoms with E-state index in [1.807, 2.05) is 0 Å². The lowest BCUT2D eigenvalue weighted by Crippen LogP contribution is -2.58. The van der Waals surface area contributed by atoms with Gasteiger partial charge in [0, 0.05) is 25.2 Å². The first-order valence-corrected chi connectivity index (χ1v) is 7.03. The molecule has 0 amide bonds. The standard InChI is InChI=1S/C13H25N3/c1-11-9-16(6-2-5-14-11)13-10-15-7-3-12(13)4-8-15/h11-14H,2-10H2,1H3. The summed E-state index contributed by atoms with van der Waals surface area (Å²) >= 11 is 0. The minimum absolute atomic E-state index is 0.679. The van der Waals surface area contributed by atoms with Crippen molar-refractivity contribution in [3.8, 4) is 0 Å². The number of fused-ring (bicyclic) bond motifs is 3. The molecule has 4 fully saturated rings. The Hall–Kier alpha value is -0.120. The van der Waals surface area contributed by atoms with Crippen LogP contribution >= 0.6 is 0 Å². The van der Waals surface area contributed by atoms with Crippen molar-refractivity contribution in [1.82, 2.24) is 15.1 Å². The zero-order valence-corrected chi connectivity index (χ0v) is 10.5. The van der Waals surface area contributed by atoms with E-state index in [1.165, 1.54) is 58.5 Å². The summed E-state index contributed by atoms with van der Waals surface area (Å²) < 4.78 is 0. The van der Waals surface area contributed by atoms with Crippen molar-refractivity contribution in [2.75, 3.05) is 39.3 Å². The fourth-order valence-electron chi connectivity index (χ4n) is 3.79. The quantitative estimate of drug-likeness (QED) is 0.708. The molecule has 0 aliphatic carbocycles. The van der Waals surface area contributed by atoms with Crippen LogP contribution in [-0.2, 0) is 0 Å². The molecule has 4 heterocycles. The van der Waals surface area contributed by atoms with Crippen molar-refractivity contribution in [2.24, 2.45) is 5.92 Å². The Morgan fingerprint density at radius 1 is 1.06 bits per heavy atom. The van der Waals surface area contributed by atoms with Crippen molar-refractivity contribution < 1.29 is 0 Å². The Labute approximate surface area is 99.2 Å². The Morgan fingerprint density at radius 2 is 1.88 bits per heavy atom. The summed E-state index contributed by atoms with van der Waals surface area (Å²) in [5, 5.41) is 3.60. The van der Waals surface area contributed by atoms with Crippen molar-refractivity contribution in [2.45, 2.75) is 38.3 Å². The van der Waals surface area contributed by atoms with E-state index in [2.05, 4.69) is 22.0 Å². The molecule has 16 heavy (non-hydrogen) atoms. The number of hydrogen-bond donors (Lipinski definition) is 1. The van der Waals surface area contributed by atoms with Crippen LogP contribution < -0.4 is 5.32 Å². The highest BCUT2D eigenvalue weighted by Crippen LogP contribution is 2.31. The molecular weight excluding hydrogens is 198 g/mol. The van der Waals surface area contributed by atoms with Crippen LogP contribution in [-0.4, -0.2) is 61.2 Å². The van der Waals surface area contributed by atoms with Gasteiger partial charge in [-0.3, -0.25) is 4.90 Å².